The zero-order chi connectivity index (χ0) is 20.1. The predicted octanol–water partition coefficient (Wildman–Crippen LogP) is 2.90. The van der Waals surface area contributed by atoms with Gasteiger partial charge in [0.2, 0.25) is 5.95 Å². The van der Waals surface area contributed by atoms with Gasteiger partial charge < -0.3 is 14.5 Å². The summed E-state index contributed by atoms with van der Waals surface area (Å²) in [6.07, 6.45) is 6.01. The van der Waals surface area contributed by atoms with Crippen molar-refractivity contribution in [3.8, 4) is 17.0 Å². The third kappa shape index (κ3) is 4.34. The Kier molecular flexibility index (Phi) is 5.65. The highest BCUT2D eigenvalue weighted by Crippen LogP contribution is 2.22. The van der Waals surface area contributed by atoms with E-state index < -0.39 is 0 Å². The molecule has 0 aliphatic carbocycles. The van der Waals surface area contributed by atoms with Crippen LogP contribution in [0.1, 0.15) is 16.8 Å². The standard InChI is InChI=1S/C22H23N5O2/c1-29-19-6-2-5-17(15-19)20-8-7-18(16-25-20)21(28)26-11-4-12-27(14-13-26)22-23-9-3-10-24-22/h2-3,5-10,15-16H,4,11-14H2,1H3. The summed E-state index contributed by atoms with van der Waals surface area (Å²) in [6, 6.07) is 13.2. The van der Waals surface area contributed by atoms with Crippen LogP contribution < -0.4 is 9.64 Å². The van der Waals surface area contributed by atoms with E-state index >= 15 is 0 Å². The van der Waals surface area contributed by atoms with E-state index in [1.807, 2.05) is 41.3 Å². The molecule has 7 heteroatoms. The molecule has 0 spiro atoms. The van der Waals surface area contributed by atoms with Crippen molar-refractivity contribution >= 4 is 11.9 Å². The summed E-state index contributed by atoms with van der Waals surface area (Å²) in [7, 11) is 1.64. The van der Waals surface area contributed by atoms with E-state index in [0.717, 1.165) is 30.0 Å². The van der Waals surface area contributed by atoms with Gasteiger partial charge in [0.1, 0.15) is 5.75 Å². The first-order valence-corrected chi connectivity index (χ1v) is 9.66. The number of methoxy groups -OCH3 is 1. The number of carbonyl (C=O) groups excluding carboxylic acids is 1. The number of benzene rings is 1. The second-order valence-corrected chi connectivity index (χ2v) is 6.85. The molecule has 3 aromatic rings. The monoisotopic (exact) mass is 389 g/mol. The van der Waals surface area contributed by atoms with Crippen LogP contribution >= 0.6 is 0 Å². The van der Waals surface area contributed by atoms with Crippen LogP contribution in [0.2, 0.25) is 0 Å². The molecule has 1 amide bonds. The van der Waals surface area contributed by atoms with Gasteiger partial charge in [-0.1, -0.05) is 12.1 Å². The molecule has 3 heterocycles. The number of rotatable bonds is 4. The highest BCUT2D eigenvalue weighted by molar-refractivity contribution is 5.94. The Morgan fingerprint density at radius 3 is 2.59 bits per heavy atom. The van der Waals surface area contributed by atoms with Gasteiger partial charge in [-0.2, -0.15) is 0 Å². The minimum atomic E-state index is 0.00511. The molecule has 0 atom stereocenters. The molecule has 1 fully saturated rings. The van der Waals surface area contributed by atoms with E-state index in [1.54, 1.807) is 31.8 Å². The van der Waals surface area contributed by atoms with Crippen LogP contribution in [0.15, 0.2) is 61.1 Å². The second-order valence-electron chi connectivity index (χ2n) is 6.85. The number of nitrogens with zero attached hydrogens (tertiary/aromatic N) is 5. The number of ether oxygens (including phenoxy) is 1. The lowest BCUT2D eigenvalue weighted by atomic mass is 10.1. The smallest absolute Gasteiger partial charge is 0.255 e. The topological polar surface area (TPSA) is 71.5 Å². The molecule has 0 saturated carbocycles. The quantitative estimate of drug-likeness (QED) is 0.683. The Bertz CT molecular complexity index is 962. The summed E-state index contributed by atoms with van der Waals surface area (Å²) >= 11 is 0. The second kappa shape index (κ2) is 8.68. The van der Waals surface area contributed by atoms with Gasteiger partial charge in [-0.25, -0.2) is 9.97 Å². The van der Waals surface area contributed by atoms with Gasteiger partial charge in [-0.3, -0.25) is 9.78 Å². The Morgan fingerprint density at radius 2 is 1.83 bits per heavy atom. The van der Waals surface area contributed by atoms with E-state index in [0.29, 0.717) is 31.1 Å². The minimum absolute atomic E-state index is 0.00511. The van der Waals surface area contributed by atoms with Crippen molar-refractivity contribution in [2.75, 3.05) is 38.2 Å². The van der Waals surface area contributed by atoms with Crippen LogP contribution in [0.3, 0.4) is 0 Å². The van der Waals surface area contributed by atoms with Gasteiger partial charge in [0, 0.05) is 50.3 Å². The maximum Gasteiger partial charge on any atom is 0.255 e. The molecule has 2 aromatic heterocycles. The average molecular weight is 389 g/mol. The Balaban J connectivity index is 1.44. The SMILES string of the molecule is COc1cccc(-c2ccc(C(=O)N3CCCN(c4ncccn4)CC3)cn2)c1. The van der Waals surface area contributed by atoms with E-state index in [2.05, 4.69) is 19.9 Å². The molecule has 1 aromatic carbocycles. The summed E-state index contributed by atoms with van der Waals surface area (Å²) < 4.78 is 5.27. The van der Waals surface area contributed by atoms with Crippen LogP contribution in [0, 0.1) is 0 Å². The summed E-state index contributed by atoms with van der Waals surface area (Å²) in [5.41, 5.74) is 2.36. The first-order chi connectivity index (χ1) is 14.2. The number of aromatic nitrogens is 3. The fraction of sp³-hybridized carbons (Fsp3) is 0.273. The molecule has 0 bridgehead atoms. The van der Waals surface area contributed by atoms with Gasteiger partial charge in [-0.05, 0) is 36.8 Å². The van der Waals surface area contributed by atoms with Crippen molar-refractivity contribution in [3.05, 3.63) is 66.6 Å². The lowest BCUT2D eigenvalue weighted by Crippen LogP contribution is -2.35. The average Bonchev–Trinajstić information content (AvgIpc) is 3.06. The summed E-state index contributed by atoms with van der Waals surface area (Å²) in [5.74, 6) is 1.50. The van der Waals surface area contributed by atoms with E-state index in [4.69, 9.17) is 4.74 Å². The minimum Gasteiger partial charge on any atom is -0.497 e. The highest BCUT2D eigenvalue weighted by atomic mass is 16.5. The van der Waals surface area contributed by atoms with Crippen molar-refractivity contribution in [1.29, 1.82) is 0 Å². The molecule has 0 radical (unpaired) electrons. The number of amides is 1. The van der Waals surface area contributed by atoms with Gasteiger partial charge in [0.05, 0.1) is 18.4 Å². The van der Waals surface area contributed by atoms with Crippen molar-refractivity contribution < 1.29 is 9.53 Å². The number of anilines is 1. The van der Waals surface area contributed by atoms with E-state index in [-0.39, 0.29) is 5.91 Å². The Morgan fingerprint density at radius 1 is 0.966 bits per heavy atom. The molecule has 0 unspecified atom stereocenters. The fourth-order valence-electron chi connectivity index (χ4n) is 3.43. The maximum absolute atomic E-state index is 13.0. The number of carbonyl (C=O) groups is 1. The number of hydrogen-bond acceptors (Lipinski definition) is 6. The predicted molar refractivity (Wildman–Crippen MR) is 111 cm³/mol. The third-order valence-corrected chi connectivity index (χ3v) is 4.99. The fourth-order valence-corrected chi connectivity index (χ4v) is 3.43. The van der Waals surface area contributed by atoms with Crippen molar-refractivity contribution in [3.63, 3.8) is 0 Å². The zero-order valence-electron chi connectivity index (χ0n) is 16.4. The largest absolute Gasteiger partial charge is 0.497 e. The molecule has 0 N–H and O–H groups in total. The van der Waals surface area contributed by atoms with Gasteiger partial charge in [0.25, 0.3) is 5.91 Å². The first-order valence-electron chi connectivity index (χ1n) is 9.66. The molecule has 1 aliphatic heterocycles. The van der Waals surface area contributed by atoms with Crippen LogP contribution in [0.25, 0.3) is 11.3 Å². The maximum atomic E-state index is 13.0. The molecular formula is C22H23N5O2. The van der Waals surface area contributed by atoms with Gasteiger partial charge in [-0.15, -0.1) is 0 Å². The van der Waals surface area contributed by atoms with Crippen LogP contribution in [-0.2, 0) is 0 Å². The van der Waals surface area contributed by atoms with E-state index in [1.165, 1.54) is 0 Å². The number of pyridine rings is 1. The van der Waals surface area contributed by atoms with Crippen molar-refractivity contribution in [2.24, 2.45) is 0 Å². The molecular weight excluding hydrogens is 366 g/mol. The normalized spacial score (nSPS) is 14.4. The number of hydrogen-bond donors (Lipinski definition) is 0. The van der Waals surface area contributed by atoms with Crippen LogP contribution in [0.5, 0.6) is 5.75 Å². The van der Waals surface area contributed by atoms with Gasteiger partial charge in [0.15, 0.2) is 0 Å². The zero-order valence-corrected chi connectivity index (χ0v) is 16.4. The molecule has 7 nitrogen and oxygen atoms in total. The lowest BCUT2D eigenvalue weighted by molar-refractivity contribution is 0.0766. The summed E-state index contributed by atoms with van der Waals surface area (Å²) in [5, 5.41) is 0. The van der Waals surface area contributed by atoms with Crippen LogP contribution in [-0.4, -0.2) is 59.0 Å². The summed E-state index contributed by atoms with van der Waals surface area (Å²) in [6.45, 7) is 2.89. The van der Waals surface area contributed by atoms with Crippen molar-refractivity contribution in [1.82, 2.24) is 19.9 Å². The highest BCUT2D eigenvalue weighted by Gasteiger charge is 2.21. The lowest BCUT2D eigenvalue weighted by Gasteiger charge is -2.22. The third-order valence-electron chi connectivity index (χ3n) is 4.99. The van der Waals surface area contributed by atoms with E-state index in [9.17, 15) is 4.79 Å². The van der Waals surface area contributed by atoms with Crippen molar-refractivity contribution in [2.45, 2.75) is 6.42 Å². The first kappa shape index (κ1) is 18.9. The summed E-state index contributed by atoms with van der Waals surface area (Å²) in [4.78, 5) is 30.1. The Labute approximate surface area is 170 Å². The molecule has 1 saturated heterocycles. The molecule has 148 valence electrons. The van der Waals surface area contributed by atoms with Crippen LogP contribution in [0.4, 0.5) is 5.95 Å². The molecule has 1 aliphatic rings. The molecule has 4 rings (SSSR count). The van der Waals surface area contributed by atoms with Gasteiger partial charge >= 0.3 is 0 Å². The Hall–Kier alpha value is -3.48. The molecule has 29 heavy (non-hydrogen) atoms.